The quantitative estimate of drug-likeness (QED) is 0.648. The Kier molecular flexibility index (Phi) is 4.63. The van der Waals surface area contributed by atoms with Gasteiger partial charge in [-0.3, -0.25) is 20.2 Å². The van der Waals surface area contributed by atoms with Crippen molar-refractivity contribution < 1.29 is 14.2 Å². The molecule has 1 amide bonds. The highest BCUT2D eigenvalue weighted by Gasteiger charge is 2.19. The van der Waals surface area contributed by atoms with Gasteiger partial charge >= 0.3 is 0 Å². The molecule has 0 radical (unpaired) electrons. The molecule has 0 saturated heterocycles. The maximum atomic E-state index is 11.9. The first kappa shape index (κ1) is 16.5. The van der Waals surface area contributed by atoms with Gasteiger partial charge in [-0.1, -0.05) is 32.0 Å². The lowest BCUT2D eigenvalue weighted by molar-refractivity contribution is -0.384. The predicted octanol–water partition coefficient (Wildman–Crippen LogP) is 2.93. The van der Waals surface area contributed by atoms with Crippen LogP contribution in [0, 0.1) is 10.1 Å². The second kappa shape index (κ2) is 6.47. The van der Waals surface area contributed by atoms with Crippen molar-refractivity contribution in [2.24, 2.45) is 0 Å². The molecule has 0 aliphatic rings. The van der Waals surface area contributed by atoms with E-state index < -0.39 is 4.92 Å². The van der Waals surface area contributed by atoms with Crippen molar-refractivity contribution in [3.63, 3.8) is 0 Å². The number of hydrogen-bond donors (Lipinski definition) is 2. The number of benzene rings is 1. The summed E-state index contributed by atoms with van der Waals surface area (Å²) in [4.78, 5) is 22.1. The molecule has 0 aliphatic heterocycles. The second-order valence-electron chi connectivity index (χ2n) is 6.04. The summed E-state index contributed by atoms with van der Waals surface area (Å²) in [5.41, 5.74) is 1.01. The first-order valence-electron chi connectivity index (χ1n) is 7.01. The van der Waals surface area contributed by atoms with Gasteiger partial charge in [0, 0.05) is 29.3 Å². The molecule has 2 rings (SSSR count). The molecule has 0 unspecified atom stereocenters. The average Bonchev–Trinajstić information content (AvgIpc) is 2.94. The zero-order valence-corrected chi connectivity index (χ0v) is 13.1. The largest absolute Gasteiger partial charge is 0.376 e. The van der Waals surface area contributed by atoms with Crippen LogP contribution in [-0.4, -0.2) is 22.5 Å². The summed E-state index contributed by atoms with van der Waals surface area (Å²) in [6.45, 7) is 5.91. The molecule has 8 nitrogen and oxygen atoms in total. The summed E-state index contributed by atoms with van der Waals surface area (Å²) in [6.07, 6.45) is 0. The Labute approximate surface area is 133 Å². The third-order valence-corrected chi connectivity index (χ3v) is 3.05. The minimum Gasteiger partial charge on any atom is -0.376 e. The van der Waals surface area contributed by atoms with Crippen LogP contribution in [0.5, 0.6) is 0 Å². The Bertz CT molecular complexity index is 718. The van der Waals surface area contributed by atoms with Gasteiger partial charge < -0.3 is 9.84 Å². The van der Waals surface area contributed by atoms with Crippen molar-refractivity contribution in [3.05, 3.63) is 46.1 Å². The lowest BCUT2D eigenvalue weighted by Gasteiger charge is -2.12. The number of nitro benzene ring substituents is 1. The normalized spacial score (nSPS) is 11.1. The Morgan fingerprint density at radius 2 is 2.09 bits per heavy atom. The van der Waals surface area contributed by atoms with Gasteiger partial charge in [0.25, 0.3) is 5.69 Å². The van der Waals surface area contributed by atoms with Gasteiger partial charge in [-0.15, -0.1) is 0 Å². The number of hydrogen-bond acceptors (Lipinski definition) is 6. The van der Waals surface area contributed by atoms with Crippen molar-refractivity contribution in [1.29, 1.82) is 0 Å². The summed E-state index contributed by atoms with van der Waals surface area (Å²) < 4.78 is 5.07. The van der Waals surface area contributed by atoms with Crippen LogP contribution in [-0.2, 0) is 10.2 Å². The van der Waals surface area contributed by atoms with E-state index in [4.69, 9.17) is 4.52 Å². The van der Waals surface area contributed by atoms with Crippen molar-refractivity contribution in [2.45, 2.75) is 26.2 Å². The molecule has 0 atom stereocenters. The van der Waals surface area contributed by atoms with Crippen LogP contribution in [0.25, 0.3) is 0 Å². The number of non-ortho nitro benzene ring substituents is 1. The molecule has 8 heteroatoms. The standard InChI is InChI=1S/C15H18N4O4/c1-15(2,3)12-8-14(23-18-12)17-13(20)9-16-10-5-4-6-11(7-10)19(21)22/h4-8,16H,9H2,1-3H3,(H,17,20). The van der Waals surface area contributed by atoms with Gasteiger partial charge in [0.2, 0.25) is 11.8 Å². The van der Waals surface area contributed by atoms with Crippen molar-refractivity contribution in [1.82, 2.24) is 5.16 Å². The van der Waals surface area contributed by atoms with Crippen LogP contribution >= 0.6 is 0 Å². The van der Waals surface area contributed by atoms with Crippen LogP contribution in [0.3, 0.4) is 0 Å². The number of nitrogens with one attached hydrogen (secondary N) is 2. The van der Waals surface area contributed by atoms with Crippen molar-refractivity contribution >= 4 is 23.2 Å². The van der Waals surface area contributed by atoms with E-state index in [1.807, 2.05) is 20.8 Å². The Morgan fingerprint density at radius 1 is 1.35 bits per heavy atom. The number of carbonyl (C=O) groups excluding carboxylic acids is 1. The van der Waals surface area contributed by atoms with Crippen LogP contribution in [0.2, 0.25) is 0 Å². The Hall–Kier alpha value is -2.90. The van der Waals surface area contributed by atoms with E-state index in [1.54, 1.807) is 18.2 Å². The molecule has 0 bridgehead atoms. The molecule has 2 N–H and O–H groups in total. The molecule has 1 heterocycles. The minimum absolute atomic E-state index is 0.0412. The van der Waals surface area contributed by atoms with E-state index in [2.05, 4.69) is 15.8 Å². The number of rotatable bonds is 5. The molecular weight excluding hydrogens is 300 g/mol. The molecular formula is C15H18N4O4. The molecule has 1 aromatic heterocycles. The van der Waals surface area contributed by atoms with Gasteiger partial charge in [0.15, 0.2) is 0 Å². The number of nitrogens with zero attached hydrogens (tertiary/aromatic N) is 2. The van der Waals surface area contributed by atoms with Gasteiger partial charge in [0.05, 0.1) is 17.2 Å². The van der Waals surface area contributed by atoms with E-state index in [9.17, 15) is 14.9 Å². The maximum absolute atomic E-state index is 11.9. The first-order chi connectivity index (χ1) is 10.8. The monoisotopic (exact) mass is 318 g/mol. The molecule has 0 aliphatic carbocycles. The van der Waals surface area contributed by atoms with Crippen LogP contribution in [0.1, 0.15) is 26.5 Å². The highest BCUT2D eigenvalue weighted by molar-refractivity contribution is 5.92. The third kappa shape index (κ3) is 4.53. The van der Waals surface area contributed by atoms with E-state index >= 15 is 0 Å². The zero-order chi connectivity index (χ0) is 17.0. The predicted molar refractivity (Wildman–Crippen MR) is 85.4 cm³/mol. The third-order valence-electron chi connectivity index (χ3n) is 3.05. The average molecular weight is 318 g/mol. The fourth-order valence-corrected chi connectivity index (χ4v) is 1.78. The first-order valence-corrected chi connectivity index (χ1v) is 7.01. The Morgan fingerprint density at radius 3 is 2.70 bits per heavy atom. The lowest BCUT2D eigenvalue weighted by atomic mass is 9.92. The smallest absolute Gasteiger partial charge is 0.271 e. The topological polar surface area (TPSA) is 110 Å². The van der Waals surface area contributed by atoms with E-state index in [-0.39, 0.29) is 29.4 Å². The van der Waals surface area contributed by atoms with E-state index in [1.165, 1.54) is 12.1 Å². The molecule has 0 saturated carbocycles. The summed E-state index contributed by atoms with van der Waals surface area (Å²) in [6, 6.07) is 7.61. The van der Waals surface area contributed by atoms with E-state index in [0.717, 1.165) is 5.69 Å². The summed E-state index contributed by atoms with van der Waals surface area (Å²) in [7, 11) is 0. The van der Waals surface area contributed by atoms with Crippen LogP contribution in [0.4, 0.5) is 17.3 Å². The number of aromatic nitrogens is 1. The number of nitro groups is 1. The summed E-state index contributed by atoms with van der Waals surface area (Å²) >= 11 is 0. The Balaban J connectivity index is 1.91. The van der Waals surface area contributed by atoms with Gasteiger partial charge in [0.1, 0.15) is 0 Å². The lowest BCUT2D eigenvalue weighted by Crippen LogP contribution is -2.21. The van der Waals surface area contributed by atoms with Gasteiger partial charge in [-0.2, -0.15) is 0 Å². The number of anilines is 2. The maximum Gasteiger partial charge on any atom is 0.271 e. The fraction of sp³-hybridized carbons (Fsp3) is 0.333. The van der Waals surface area contributed by atoms with Crippen molar-refractivity contribution in [3.8, 4) is 0 Å². The van der Waals surface area contributed by atoms with E-state index in [0.29, 0.717) is 5.69 Å². The fourth-order valence-electron chi connectivity index (χ4n) is 1.78. The highest BCUT2D eigenvalue weighted by atomic mass is 16.6. The SMILES string of the molecule is CC(C)(C)c1cc(NC(=O)CNc2cccc([N+](=O)[O-])c2)on1. The molecule has 0 spiro atoms. The molecule has 0 fully saturated rings. The summed E-state index contributed by atoms with van der Waals surface area (Å²) in [5.74, 6) is -0.0751. The van der Waals surface area contributed by atoms with Crippen molar-refractivity contribution in [2.75, 3.05) is 17.2 Å². The highest BCUT2D eigenvalue weighted by Crippen LogP contribution is 2.23. The number of carbonyl (C=O) groups is 1. The van der Waals surface area contributed by atoms with Crippen LogP contribution < -0.4 is 10.6 Å². The van der Waals surface area contributed by atoms with Gasteiger partial charge in [-0.05, 0) is 6.07 Å². The molecule has 23 heavy (non-hydrogen) atoms. The molecule has 122 valence electrons. The molecule has 2 aromatic rings. The van der Waals surface area contributed by atoms with Crippen LogP contribution in [0.15, 0.2) is 34.9 Å². The molecule has 1 aromatic carbocycles. The number of amides is 1. The van der Waals surface area contributed by atoms with Gasteiger partial charge in [-0.25, -0.2) is 0 Å². The summed E-state index contributed by atoms with van der Waals surface area (Å²) in [5, 5.41) is 20.0. The second-order valence-corrected chi connectivity index (χ2v) is 6.04. The zero-order valence-electron chi connectivity index (χ0n) is 13.1. The minimum atomic E-state index is -0.492.